The van der Waals surface area contributed by atoms with Crippen molar-refractivity contribution >= 4 is 17.6 Å². The molecule has 0 saturated heterocycles. The van der Waals surface area contributed by atoms with Crippen LogP contribution in [0, 0.1) is 5.92 Å². The van der Waals surface area contributed by atoms with E-state index in [1.807, 2.05) is 12.1 Å². The highest BCUT2D eigenvalue weighted by molar-refractivity contribution is 5.95. The summed E-state index contributed by atoms with van der Waals surface area (Å²) in [6, 6.07) is 5.59. The average molecular weight is 262 g/mol. The highest BCUT2D eigenvalue weighted by Crippen LogP contribution is 2.22. The predicted molar refractivity (Wildman–Crippen MR) is 72.4 cm³/mol. The average Bonchev–Trinajstić information content (AvgIpc) is 2.85. The number of carboxylic acids is 1. The lowest BCUT2D eigenvalue weighted by molar-refractivity contribution is -0.141. The van der Waals surface area contributed by atoms with Gasteiger partial charge in [0.1, 0.15) is 0 Å². The number of rotatable bonds is 5. The molecule has 1 aliphatic heterocycles. The number of carbonyl (C=O) groups excluding carboxylic acids is 1. The number of benzene rings is 1. The number of hydrogen-bond acceptors (Lipinski definition) is 3. The van der Waals surface area contributed by atoms with Crippen LogP contribution in [0.25, 0.3) is 0 Å². The van der Waals surface area contributed by atoms with Crippen molar-refractivity contribution in [2.45, 2.75) is 19.8 Å². The molecule has 5 nitrogen and oxygen atoms in total. The van der Waals surface area contributed by atoms with Gasteiger partial charge in [-0.1, -0.05) is 6.92 Å². The van der Waals surface area contributed by atoms with Crippen LogP contribution in [0.3, 0.4) is 0 Å². The smallest absolute Gasteiger partial charge is 0.306 e. The summed E-state index contributed by atoms with van der Waals surface area (Å²) in [5.74, 6) is -1.42. The Hall–Kier alpha value is -2.04. The van der Waals surface area contributed by atoms with Crippen LogP contribution in [0.2, 0.25) is 0 Å². The van der Waals surface area contributed by atoms with Crippen molar-refractivity contribution < 1.29 is 14.7 Å². The van der Waals surface area contributed by atoms with Crippen LogP contribution in [0.1, 0.15) is 29.3 Å². The molecule has 0 saturated carbocycles. The Morgan fingerprint density at radius 2 is 2.26 bits per heavy atom. The van der Waals surface area contributed by atoms with Gasteiger partial charge in [0, 0.05) is 24.3 Å². The number of carboxylic acid groups (broad SMARTS) is 1. The molecular weight excluding hydrogens is 244 g/mol. The maximum Gasteiger partial charge on any atom is 0.306 e. The lowest BCUT2D eigenvalue weighted by atomic mass is 10.1. The zero-order chi connectivity index (χ0) is 13.8. The van der Waals surface area contributed by atoms with Crippen LogP contribution in [0.5, 0.6) is 0 Å². The summed E-state index contributed by atoms with van der Waals surface area (Å²) >= 11 is 0. The maximum atomic E-state index is 11.9. The summed E-state index contributed by atoms with van der Waals surface area (Å²) in [5, 5.41) is 14.7. The van der Waals surface area contributed by atoms with Crippen LogP contribution in [0.15, 0.2) is 18.2 Å². The standard InChI is InChI=1S/C14H18N2O3/c1-9(14(18)19)4-6-16-13(17)11-2-3-12-10(8-11)5-7-15-12/h2-3,8-9,15H,4-7H2,1H3,(H,16,17)(H,18,19). The zero-order valence-corrected chi connectivity index (χ0v) is 10.9. The molecule has 2 rings (SSSR count). The number of fused-ring (bicyclic) bond motifs is 1. The van der Waals surface area contributed by atoms with Gasteiger partial charge in [0.05, 0.1) is 5.92 Å². The minimum Gasteiger partial charge on any atom is -0.481 e. The Balaban J connectivity index is 1.88. The molecule has 1 atom stereocenters. The van der Waals surface area contributed by atoms with Crippen LogP contribution in [-0.2, 0) is 11.2 Å². The third kappa shape index (κ3) is 3.24. The molecule has 1 aromatic carbocycles. The van der Waals surface area contributed by atoms with Gasteiger partial charge in [0.25, 0.3) is 5.91 Å². The molecule has 102 valence electrons. The maximum absolute atomic E-state index is 11.9. The first-order valence-corrected chi connectivity index (χ1v) is 6.45. The fourth-order valence-corrected chi connectivity index (χ4v) is 2.07. The van der Waals surface area contributed by atoms with E-state index in [4.69, 9.17) is 5.11 Å². The zero-order valence-electron chi connectivity index (χ0n) is 10.9. The summed E-state index contributed by atoms with van der Waals surface area (Å²) in [5.41, 5.74) is 2.88. The van der Waals surface area contributed by atoms with Crippen molar-refractivity contribution in [1.29, 1.82) is 0 Å². The molecule has 0 aromatic heterocycles. The number of amides is 1. The van der Waals surface area contributed by atoms with Gasteiger partial charge in [-0.2, -0.15) is 0 Å². The van der Waals surface area contributed by atoms with Crippen molar-refractivity contribution in [3.8, 4) is 0 Å². The van der Waals surface area contributed by atoms with Crippen molar-refractivity contribution in [1.82, 2.24) is 5.32 Å². The first-order chi connectivity index (χ1) is 9.08. The molecule has 0 fully saturated rings. The number of nitrogens with one attached hydrogen (secondary N) is 2. The van der Waals surface area contributed by atoms with Crippen LogP contribution < -0.4 is 10.6 Å². The van der Waals surface area contributed by atoms with E-state index in [-0.39, 0.29) is 5.91 Å². The van der Waals surface area contributed by atoms with Gasteiger partial charge in [-0.3, -0.25) is 9.59 Å². The van der Waals surface area contributed by atoms with Crippen molar-refractivity contribution in [2.24, 2.45) is 5.92 Å². The normalized spacial score (nSPS) is 14.4. The number of aliphatic carboxylic acids is 1. The molecule has 0 aliphatic carbocycles. The van der Waals surface area contributed by atoms with Gasteiger partial charge < -0.3 is 15.7 Å². The van der Waals surface area contributed by atoms with Gasteiger partial charge in [0.15, 0.2) is 0 Å². The van der Waals surface area contributed by atoms with Gasteiger partial charge in [-0.15, -0.1) is 0 Å². The van der Waals surface area contributed by atoms with Gasteiger partial charge in [-0.25, -0.2) is 0 Å². The minimum atomic E-state index is -0.835. The highest BCUT2D eigenvalue weighted by atomic mass is 16.4. The summed E-state index contributed by atoms with van der Waals surface area (Å²) < 4.78 is 0. The van der Waals surface area contributed by atoms with Crippen molar-refractivity contribution in [3.05, 3.63) is 29.3 Å². The van der Waals surface area contributed by atoms with E-state index in [1.54, 1.807) is 13.0 Å². The van der Waals surface area contributed by atoms with Gasteiger partial charge >= 0.3 is 5.97 Å². The summed E-state index contributed by atoms with van der Waals surface area (Å²) in [4.78, 5) is 22.6. The molecular formula is C14H18N2O3. The first-order valence-electron chi connectivity index (χ1n) is 6.45. The second kappa shape index (κ2) is 5.73. The SMILES string of the molecule is CC(CCNC(=O)c1ccc2c(c1)CCN2)C(=O)O. The van der Waals surface area contributed by atoms with E-state index in [9.17, 15) is 9.59 Å². The summed E-state index contributed by atoms with van der Waals surface area (Å²) in [6.07, 6.45) is 1.38. The van der Waals surface area contributed by atoms with Crippen molar-refractivity contribution in [3.63, 3.8) is 0 Å². The molecule has 19 heavy (non-hydrogen) atoms. The third-order valence-corrected chi connectivity index (χ3v) is 3.36. The van der Waals surface area contributed by atoms with E-state index in [0.29, 0.717) is 18.5 Å². The molecule has 1 amide bonds. The Bertz CT molecular complexity index is 499. The molecule has 1 aliphatic rings. The number of hydrogen-bond donors (Lipinski definition) is 3. The molecule has 0 bridgehead atoms. The monoisotopic (exact) mass is 262 g/mol. The lowest BCUT2D eigenvalue weighted by Gasteiger charge is -2.09. The minimum absolute atomic E-state index is 0.146. The Kier molecular flexibility index (Phi) is 4.04. The topological polar surface area (TPSA) is 78.4 Å². The highest BCUT2D eigenvalue weighted by Gasteiger charge is 2.14. The summed E-state index contributed by atoms with van der Waals surface area (Å²) in [6.45, 7) is 2.92. The first kappa shape index (κ1) is 13.4. The largest absolute Gasteiger partial charge is 0.481 e. The van der Waals surface area contributed by atoms with Crippen molar-refractivity contribution in [2.75, 3.05) is 18.4 Å². The van der Waals surface area contributed by atoms with Crippen LogP contribution in [0.4, 0.5) is 5.69 Å². The number of anilines is 1. The lowest BCUT2D eigenvalue weighted by Crippen LogP contribution is -2.27. The second-order valence-electron chi connectivity index (χ2n) is 4.83. The predicted octanol–water partition coefficient (Wildman–Crippen LogP) is 1.50. The third-order valence-electron chi connectivity index (χ3n) is 3.36. The second-order valence-corrected chi connectivity index (χ2v) is 4.83. The van der Waals surface area contributed by atoms with E-state index in [1.165, 1.54) is 0 Å². The van der Waals surface area contributed by atoms with E-state index in [2.05, 4.69) is 10.6 Å². The fraction of sp³-hybridized carbons (Fsp3) is 0.429. The van der Waals surface area contributed by atoms with Gasteiger partial charge in [-0.05, 0) is 36.6 Å². The summed E-state index contributed by atoms with van der Waals surface area (Å²) in [7, 11) is 0. The number of carbonyl (C=O) groups is 2. The Morgan fingerprint density at radius 1 is 1.47 bits per heavy atom. The molecule has 1 unspecified atom stereocenters. The molecule has 0 radical (unpaired) electrons. The Morgan fingerprint density at radius 3 is 3.00 bits per heavy atom. The van der Waals surface area contributed by atoms with E-state index in [0.717, 1.165) is 24.2 Å². The molecule has 1 aromatic rings. The van der Waals surface area contributed by atoms with Gasteiger partial charge in [0.2, 0.25) is 0 Å². The molecule has 1 heterocycles. The van der Waals surface area contributed by atoms with E-state index >= 15 is 0 Å². The quantitative estimate of drug-likeness (QED) is 0.751. The fourth-order valence-electron chi connectivity index (χ4n) is 2.07. The van der Waals surface area contributed by atoms with E-state index < -0.39 is 11.9 Å². The van der Waals surface area contributed by atoms with Crippen LogP contribution >= 0.6 is 0 Å². The molecule has 3 N–H and O–H groups in total. The van der Waals surface area contributed by atoms with Crippen LogP contribution in [-0.4, -0.2) is 30.1 Å². The Labute approximate surface area is 112 Å². The molecule has 0 spiro atoms. The molecule has 5 heteroatoms.